The zero-order valence-electron chi connectivity index (χ0n) is 19.7. The molecule has 7 heteroatoms. The lowest BCUT2D eigenvalue weighted by molar-refractivity contribution is 0.414. The first-order valence-corrected chi connectivity index (χ1v) is 11.7. The molecule has 6 rings (SSSR count). The number of nitrogens with one attached hydrogen (secondary N) is 2. The Morgan fingerprint density at radius 3 is 2.50 bits per heavy atom. The molecule has 7 nitrogen and oxygen atoms in total. The van der Waals surface area contributed by atoms with Gasteiger partial charge in [0.15, 0.2) is 5.65 Å². The Kier molecular flexibility index (Phi) is 5.63. The van der Waals surface area contributed by atoms with Gasteiger partial charge in [-0.05, 0) is 60.2 Å². The van der Waals surface area contributed by atoms with E-state index in [1.165, 1.54) is 0 Å². The molecule has 0 spiro atoms. The van der Waals surface area contributed by atoms with Crippen LogP contribution in [0, 0.1) is 0 Å². The van der Waals surface area contributed by atoms with E-state index in [2.05, 4.69) is 39.9 Å². The Hall–Kier alpha value is -4.91. The molecule has 0 unspecified atom stereocenters. The van der Waals surface area contributed by atoms with E-state index in [-0.39, 0.29) is 0 Å². The summed E-state index contributed by atoms with van der Waals surface area (Å²) in [6.07, 6.45) is 0. The Balaban J connectivity index is 1.20. The van der Waals surface area contributed by atoms with Gasteiger partial charge < -0.3 is 15.4 Å². The molecule has 0 fully saturated rings. The van der Waals surface area contributed by atoms with Crippen LogP contribution in [-0.2, 0) is 6.54 Å². The maximum Gasteiger partial charge on any atom is 0.247 e. The topological polar surface area (TPSA) is 76.4 Å². The van der Waals surface area contributed by atoms with Crippen molar-refractivity contribution in [2.45, 2.75) is 6.54 Å². The molecular formula is C29H24N6O. The molecule has 0 saturated heterocycles. The number of anilines is 3. The molecule has 0 radical (unpaired) electrons. The van der Waals surface area contributed by atoms with E-state index in [1.54, 1.807) is 7.11 Å². The fourth-order valence-electron chi connectivity index (χ4n) is 4.15. The SMILES string of the molecule is COc1ccc(CNc2ccc3cc(Nc4nc5cccc(-c6ccccc6)n5n4)ccc3n2)cc1. The smallest absolute Gasteiger partial charge is 0.247 e. The van der Waals surface area contributed by atoms with Crippen molar-refractivity contribution in [2.24, 2.45) is 0 Å². The van der Waals surface area contributed by atoms with Crippen molar-refractivity contribution in [3.63, 3.8) is 0 Å². The molecular weight excluding hydrogens is 448 g/mol. The van der Waals surface area contributed by atoms with Crippen LogP contribution < -0.4 is 15.4 Å². The maximum absolute atomic E-state index is 5.22. The summed E-state index contributed by atoms with van der Waals surface area (Å²) in [5.41, 5.74) is 5.84. The molecule has 0 bridgehead atoms. The van der Waals surface area contributed by atoms with Crippen molar-refractivity contribution in [3.05, 3.63) is 109 Å². The molecule has 0 atom stereocenters. The van der Waals surface area contributed by atoms with Crippen LogP contribution in [-0.4, -0.2) is 26.7 Å². The van der Waals surface area contributed by atoms with Crippen LogP contribution in [0.25, 0.3) is 27.8 Å². The molecule has 3 aromatic carbocycles. The molecule has 2 N–H and O–H groups in total. The average Bonchev–Trinajstić information content (AvgIpc) is 3.35. The standard InChI is InChI=1S/C29H24N6O/c1-36-24-14-10-20(11-15-24)19-30-27-17-12-22-18-23(13-16-25(22)32-27)31-29-33-28-9-5-8-26(35(28)34-29)21-6-3-2-4-7-21/h2-18H,19H2,1H3,(H,30,32)(H,31,34). The fourth-order valence-corrected chi connectivity index (χ4v) is 4.15. The number of pyridine rings is 2. The first kappa shape index (κ1) is 21.6. The lowest BCUT2D eigenvalue weighted by Crippen LogP contribution is -2.01. The molecule has 3 aromatic heterocycles. The van der Waals surface area contributed by atoms with Crippen molar-refractivity contribution >= 4 is 34.0 Å². The third-order valence-corrected chi connectivity index (χ3v) is 6.01. The number of benzene rings is 3. The van der Waals surface area contributed by atoms with Gasteiger partial charge in [-0.25, -0.2) is 9.50 Å². The Morgan fingerprint density at radius 1 is 0.806 bits per heavy atom. The fraction of sp³-hybridized carbons (Fsp3) is 0.0690. The zero-order valence-corrected chi connectivity index (χ0v) is 19.7. The van der Waals surface area contributed by atoms with Crippen LogP contribution in [0.15, 0.2) is 103 Å². The second-order valence-electron chi connectivity index (χ2n) is 8.41. The molecule has 3 heterocycles. The van der Waals surface area contributed by atoms with Gasteiger partial charge in [0, 0.05) is 23.2 Å². The molecule has 176 valence electrons. The minimum absolute atomic E-state index is 0.545. The van der Waals surface area contributed by atoms with Crippen LogP contribution >= 0.6 is 0 Å². The summed E-state index contributed by atoms with van der Waals surface area (Å²) in [5, 5.41) is 12.5. The van der Waals surface area contributed by atoms with Crippen molar-refractivity contribution in [2.75, 3.05) is 17.7 Å². The summed E-state index contributed by atoms with van der Waals surface area (Å²) >= 11 is 0. The van der Waals surface area contributed by atoms with E-state index in [9.17, 15) is 0 Å². The minimum atomic E-state index is 0.545. The lowest BCUT2D eigenvalue weighted by Gasteiger charge is -2.09. The van der Waals surface area contributed by atoms with E-state index in [4.69, 9.17) is 14.8 Å². The summed E-state index contributed by atoms with van der Waals surface area (Å²) in [6.45, 7) is 0.687. The Morgan fingerprint density at radius 2 is 1.67 bits per heavy atom. The van der Waals surface area contributed by atoms with Crippen LogP contribution in [0.3, 0.4) is 0 Å². The van der Waals surface area contributed by atoms with Crippen LogP contribution in [0.2, 0.25) is 0 Å². The van der Waals surface area contributed by atoms with Crippen molar-refractivity contribution in [1.29, 1.82) is 0 Å². The third-order valence-electron chi connectivity index (χ3n) is 6.01. The minimum Gasteiger partial charge on any atom is -0.497 e. The second-order valence-corrected chi connectivity index (χ2v) is 8.41. The van der Waals surface area contributed by atoms with Crippen LogP contribution in [0.4, 0.5) is 17.5 Å². The highest BCUT2D eigenvalue weighted by molar-refractivity contribution is 5.84. The highest BCUT2D eigenvalue weighted by atomic mass is 16.5. The highest BCUT2D eigenvalue weighted by Gasteiger charge is 2.09. The van der Waals surface area contributed by atoms with Gasteiger partial charge in [-0.1, -0.05) is 48.5 Å². The van der Waals surface area contributed by atoms with E-state index >= 15 is 0 Å². The number of nitrogens with zero attached hydrogens (tertiary/aromatic N) is 4. The maximum atomic E-state index is 5.22. The van der Waals surface area contributed by atoms with Gasteiger partial charge in [0.2, 0.25) is 5.95 Å². The summed E-state index contributed by atoms with van der Waals surface area (Å²) in [4.78, 5) is 9.41. The monoisotopic (exact) mass is 472 g/mol. The van der Waals surface area contributed by atoms with Gasteiger partial charge in [-0.3, -0.25) is 0 Å². The molecule has 0 aliphatic carbocycles. The van der Waals surface area contributed by atoms with E-state index in [0.29, 0.717) is 12.5 Å². The number of rotatable bonds is 7. The van der Waals surface area contributed by atoms with Gasteiger partial charge >= 0.3 is 0 Å². The third kappa shape index (κ3) is 4.42. The molecule has 0 saturated carbocycles. The van der Waals surface area contributed by atoms with Crippen molar-refractivity contribution in [1.82, 2.24) is 19.6 Å². The predicted molar refractivity (Wildman–Crippen MR) is 144 cm³/mol. The summed E-state index contributed by atoms with van der Waals surface area (Å²) in [5.74, 6) is 2.22. The van der Waals surface area contributed by atoms with Crippen LogP contribution in [0.5, 0.6) is 5.75 Å². The zero-order chi connectivity index (χ0) is 24.3. The second kappa shape index (κ2) is 9.38. The number of hydrogen-bond donors (Lipinski definition) is 2. The van der Waals surface area contributed by atoms with Crippen molar-refractivity contribution in [3.8, 4) is 17.0 Å². The molecule has 0 aliphatic heterocycles. The molecule has 6 aromatic rings. The number of fused-ring (bicyclic) bond motifs is 2. The summed E-state index contributed by atoms with van der Waals surface area (Å²) in [6, 6.07) is 34.3. The van der Waals surface area contributed by atoms with Gasteiger partial charge in [0.25, 0.3) is 0 Å². The lowest BCUT2D eigenvalue weighted by atomic mass is 10.1. The molecule has 36 heavy (non-hydrogen) atoms. The Bertz CT molecular complexity index is 1640. The predicted octanol–water partition coefficient (Wildman–Crippen LogP) is 6.31. The number of methoxy groups -OCH3 is 1. The largest absolute Gasteiger partial charge is 0.497 e. The average molecular weight is 473 g/mol. The number of aromatic nitrogens is 4. The summed E-state index contributed by atoms with van der Waals surface area (Å²) < 4.78 is 7.08. The van der Waals surface area contributed by atoms with E-state index in [1.807, 2.05) is 83.4 Å². The highest BCUT2D eigenvalue weighted by Crippen LogP contribution is 2.24. The molecule has 0 aliphatic rings. The van der Waals surface area contributed by atoms with Gasteiger partial charge in [0.05, 0.1) is 18.3 Å². The normalized spacial score (nSPS) is 11.0. The number of ether oxygens (including phenoxy) is 1. The number of hydrogen-bond acceptors (Lipinski definition) is 6. The first-order valence-electron chi connectivity index (χ1n) is 11.7. The van der Waals surface area contributed by atoms with E-state index < -0.39 is 0 Å². The first-order chi connectivity index (χ1) is 17.7. The van der Waals surface area contributed by atoms with Gasteiger partial charge in [-0.2, -0.15) is 4.98 Å². The van der Waals surface area contributed by atoms with Gasteiger partial charge in [0.1, 0.15) is 11.6 Å². The van der Waals surface area contributed by atoms with E-state index in [0.717, 1.165) is 50.6 Å². The van der Waals surface area contributed by atoms with Crippen LogP contribution in [0.1, 0.15) is 5.56 Å². The quantitative estimate of drug-likeness (QED) is 0.284. The Labute approximate surface area is 208 Å². The molecule has 0 amide bonds. The van der Waals surface area contributed by atoms with Gasteiger partial charge in [-0.15, -0.1) is 5.10 Å². The summed E-state index contributed by atoms with van der Waals surface area (Å²) in [7, 11) is 1.67. The van der Waals surface area contributed by atoms with Crippen molar-refractivity contribution < 1.29 is 4.74 Å².